The Kier molecular flexibility index (Phi) is 4.23. The smallest absolute Gasteiger partial charge is 0.269 e. The number of nitrogens with two attached hydrogens (primary N) is 1. The summed E-state index contributed by atoms with van der Waals surface area (Å²) in [6.45, 7) is 5.24. The molecule has 0 saturated heterocycles. The summed E-state index contributed by atoms with van der Waals surface area (Å²) in [5.41, 5.74) is 7.03. The number of nitrogens with zero attached hydrogens (tertiary/aromatic N) is 4. The quantitative estimate of drug-likeness (QED) is 0.880. The first-order chi connectivity index (χ1) is 10.2. The number of hydrogen-bond acceptors (Lipinski definition) is 4. The molecule has 2 aromatic rings. The Labute approximate surface area is 132 Å². The zero-order valence-electron chi connectivity index (χ0n) is 12.7. The van der Waals surface area contributed by atoms with Gasteiger partial charge in [0.2, 0.25) is 5.91 Å². The average Bonchev–Trinajstić information content (AvgIpc) is 2.93. The van der Waals surface area contributed by atoms with Crippen LogP contribution in [0.2, 0.25) is 5.02 Å². The van der Waals surface area contributed by atoms with E-state index in [-0.39, 0.29) is 17.3 Å². The molecule has 0 fully saturated rings. The molecule has 2 aromatic heterocycles. The molecule has 3 N–H and O–H groups in total. The molecule has 1 atom stereocenters. The van der Waals surface area contributed by atoms with E-state index in [1.807, 2.05) is 0 Å². The summed E-state index contributed by atoms with van der Waals surface area (Å²) >= 11 is 6.09. The molecule has 0 aromatic carbocycles. The highest BCUT2D eigenvalue weighted by Crippen LogP contribution is 2.23. The predicted octanol–water partition coefficient (Wildman–Crippen LogP) is 1.19. The van der Waals surface area contributed by atoms with Crippen molar-refractivity contribution < 1.29 is 9.59 Å². The van der Waals surface area contributed by atoms with E-state index in [1.54, 1.807) is 27.8 Å². The van der Waals surface area contributed by atoms with Gasteiger partial charge in [-0.15, -0.1) is 0 Å². The van der Waals surface area contributed by atoms with Gasteiger partial charge in [-0.1, -0.05) is 11.6 Å². The van der Waals surface area contributed by atoms with Crippen LogP contribution >= 0.6 is 11.6 Å². The number of primary amides is 1. The Morgan fingerprint density at radius 2 is 2.05 bits per heavy atom. The number of hydrogen-bond donors (Lipinski definition) is 2. The maximum absolute atomic E-state index is 12.4. The van der Waals surface area contributed by atoms with Gasteiger partial charge in [-0.2, -0.15) is 10.2 Å². The van der Waals surface area contributed by atoms with Crippen molar-refractivity contribution in [3.8, 4) is 0 Å². The first-order valence-electron chi connectivity index (χ1n) is 6.58. The fourth-order valence-corrected chi connectivity index (χ4v) is 2.31. The summed E-state index contributed by atoms with van der Waals surface area (Å²) in [5, 5.41) is 11.3. The van der Waals surface area contributed by atoms with Crippen LogP contribution in [-0.2, 0) is 11.8 Å². The topological polar surface area (TPSA) is 108 Å². The fourth-order valence-electron chi connectivity index (χ4n) is 2.19. The second kappa shape index (κ2) is 5.80. The third kappa shape index (κ3) is 2.69. The predicted molar refractivity (Wildman–Crippen MR) is 81.8 cm³/mol. The molecule has 8 nitrogen and oxygen atoms in total. The molecule has 9 heteroatoms. The van der Waals surface area contributed by atoms with Gasteiger partial charge in [0, 0.05) is 7.05 Å². The standard InChI is InChI=1S/C13H17ClN6O2/c1-6-10(14)7(2)20(18-6)8(3)13(22)17-9-5-16-19(4)11(9)12(15)21/h5,8H,1-4H3,(H2,15,21)(H,17,22). The minimum absolute atomic E-state index is 0.131. The largest absolute Gasteiger partial charge is 0.364 e. The number of aryl methyl sites for hydroxylation is 2. The number of halogens is 1. The molecule has 0 aliphatic rings. The minimum atomic E-state index is -0.669. The number of aromatic nitrogens is 4. The lowest BCUT2D eigenvalue weighted by atomic mass is 10.2. The second-order valence-electron chi connectivity index (χ2n) is 4.99. The number of rotatable bonds is 4. The molecular formula is C13H17ClN6O2. The first kappa shape index (κ1) is 16.0. The molecule has 2 heterocycles. The van der Waals surface area contributed by atoms with Crippen LogP contribution in [0.15, 0.2) is 6.20 Å². The Bertz CT molecular complexity index is 748. The van der Waals surface area contributed by atoms with E-state index in [4.69, 9.17) is 17.3 Å². The highest BCUT2D eigenvalue weighted by molar-refractivity contribution is 6.31. The fraction of sp³-hybridized carbons (Fsp3) is 0.385. The van der Waals surface area contributed by atoms with Crippen molar-refractivity contribution in [3.05, 3.63) is 28.3 Å². The van der Waals surface area contributed by atoms with Crippen LogP contribution in [0.4, 0.5) is 5.69 Å². The number of nitrogens with one attached hydrogen (secondary N) is 1. The highest BCUT2D eigenvalue weighted by Gasteiger charge is 2.23. The number of carbonyl (C=O) groups is 2. The molecule has 0 spiro atoms. The van der Waals surface area contributed by atoms with Gasteiger partial charge in [-0.3, -0.25) is 19.0 Å². The SMILES string of the molecule is Cc1nn(C(C)C(=O)Nc2cnn(C)c2C(N)=O)c(C)c1Cl. The first-order valence-corrected chi connectivity index (χ1v) is 6.95. The zero-order chi connectivity index (χ0) is 16.6. The van der Waals surface area contributed by atoms with Gasteiger partial charge in [0.1, 0.15) is 11.7 Å². The number of carbonyl (C=O) groups excluding carboxylic acids is 2. The Hall–Kier alpha value is -2.35. The van der Waals surface area contributed by atoms with E-state index in [2.05, 4.69) is 15.5 Å². The minimum Gasteiger partial charge on any atom is -0.364 e. The van der Waals surface area contributed by atoms with Crippen molar-refractivity contribution in [1.82, 2.24) is 19.6 Å². The van der Waals surface area contributed by atoms with Crippen LogP contribution in [0.5, 0.6) is 0 Å². The number of amides is 2. The van der Waals surface area contributed by atoms with Gasteiger partial charge in [0.15, 0.2) is 0 Å². The molecule has 1 unspecified atom stereocenters. The van der Waals surface area contributed by atoms with Crippen LogP contribution in [0.25, 0.3) is 0 Å². The Morgan fingerprint density at radius 3 is 2.55 bits per heavy atom. The molecule has 2 rings (SSSR count). The lowest BCUT2D eigenvalue weighted by molar-refractivity contribution is -0.119. The van der Waals surface area contributed by atoms with E-state index < -0.39 is 11.9 Å². The third-order valence-corrected chi connectivity index (χ3v) is 3.96. The third-order valence-electron chi connectivity index (χ3n) is 3.41. The van der Waals surface area contributed by atoms with E-state index >= 15 is 0 Å². The van der Waals surface area contributed by atoms with Crippen molar-refractivity contribution in [1.29, 1.82) is 0 Å². The maximum Gasteiger partial charge on any atom is 0.269 e. The van der Waals surface area contributed by atoms with Crippen LogP contribution in [0.3, 0.4) is 0 Å². The van der Waals surface area contributed by atoms with Crippen molar-refractivity contribution in [2.24, 2.45) is 12.8 Å². The molecule has 2 amide bonds. The van der Waals surface area contributed by atoms with Crippen molar-refractivity contribution in [3.63, 3.8) is 0 Å². The monoisotopic (exact) mass is 324 g/mol. The van der Waals surface area contributed by atoms with Crippen LogP contribution in [0.1, 0.15) is 34.8 Å². The summed E-state index contributed by atoms with van der Waals surface area (Å²) in [4.78, 5) is 23.8. The molecule has 0 saturated carbocycles. The molecule has 118 valence electrons. The summed E-state index contributed by atoms with van der Waals surface area (Å²) in [5.74, 6) is -1.02. The molecule has 0 aliphatic heterocycles. The van der Waals surface area contributed by atoms with E-state index in [0.717, 1.165) is 0 Å². The zero-order valence-corrected chi connectivity index (χ0v) is 13.5. The Balaban J connectivity index is 2.26. The van der Waals surface area contributed by atoms with Gasteiger partial charge in [-0.25, -0.2) is 0 Å². The molecule has 0 bridgehead atoms. The number of anilines is 1. The van der Waals surface area contributed by atoms with E-state index in [9.17, 15) is 9.59 Å². The highest BCUT2D eigenvalue weighted by atomic mass is 35.5. The normalized spacial score (nSPS) is 12.2. The van der Waals surface area contributed by atoms with Gasteiger partial charge < -0.3 is 11.1 Å². The summed E-state index contributed by atoms with van der Waals surface area (Å²) in [6, 6.07) is -0.605. The summed E-state index contributed by atoms with van der Waals surface area (Å²) in [6.07, 6.45) is 1.37. The van der Waals surface area contributed by atoms with Gasteiger partial charge in [-0.05, 0) is 20.8 Å². The lowest BCUT2D eigenvalue weighted by Crippen LogP contribution is -2.27. The van der Waals surface area contributed by atoms with Crippen molar-refractivity contribution in [2.75, 3.05) is 5.32 Å². The van der Waals surface area contributed by atoms with Gasteiger partial charge in [0.05, 0.1) is 28.3 Å². The van der Waals surface area contributed by atoms with Crippen LogP contribution < -0.4 is 11.1 Å². The summed E-state index contributed by atoms with van der Waals surface area (Å²) < 4.78 is 2.84. The van der Waals surface area contributed by atoms with E-state index in [0.29, 0.717) is 16.4 Å². The van der Waals surface area contributed by atoms with Crippen LogP contribution in [-0.4, -0.2) is 31.4 Å². The molecule has 22 heavy (non-hydrogen) atoms. The lowest BCUT2D eigenvalue weighted by Gasteiger charge is -2.14. The molecule has 0 aliphatic carbocycles. The van der Waals surface area contributed by atoms with Crippen LogP contribution in [0, 0.1) is 13.8 Å². The maximum atomic E-state index is 12.4. The van der Waals surface area contributed by atoms with Crippen molar-refractivity contribution >= 4 is 29.1 Å². The summed E-state index contributed by atoms with van der Waals surface area (Å²) in [7, 11) is 1.57. The second-order valence-corrected chi connectivity index (χ2v) is 5.37. The van der Waals surface area contributed by atoms with E-state index in [1.165, 1.54) is 15.6 Å². The molecule has 0 radical (unpaired) electrons. The van der Waals surface area contributed by atoms with Crippen molar-refractivity contribution in [2.45, 2.75) is 26.8 Å². The Morgan fingerprint density at radius 1 is 1.41 bits per heavy atom. The van der Waals surface area contributed by atoms with Gasteiger partial charge >= 0.3 is 0 Å². The average molecular weight is 325 g/mol. The molecular weight excluding hydrogens is 308 g/mol. The van der Waals surface area contributed by atoms with Gasteiger partial charge in [0.25, 0.3) is 5.91 Å².